The van der Waals surface area contributed by atoms with E-state index in [2.05, 4.69) is 15.2 Å². The van der Waals surface area contributed by atoms with Crippen LogP contribution in [-0.4, -0.2) is 19.7 Å². The van der Waals surface area contributed by atoms with Crippen LogP contribution in [0.4, 0.5) is 8.78 Å². The van der Waals surface area contributed by atoms with Gasteiger partial charge in [0, 0.05) is 18.0 Å². The zero-order valence-corrected chi connectivity index (χ0v) is 12.4. The van der Waals surface area contributed by atoms with E-state index in [0.29, 0.717) is 11.1 Å². The third-order valence-corrected chi connectivity index (χ3v) is 3.80. The van der Waals surface area contributed by atoms with E-state index in [-0.39, 0.29) is 11.6 Å². The molecule has 0 saturated carbocycles. The molecule has 2 aromatic heterocycles. The van der Waals surface area contributed by atoms with E-state index in [4.69, 9.17) is 4.42 Å². The van der Waals surface area contributed by atoms with E-state index in [1.807, 2.05) is 31.2 Å². The first kappa shape index (κ1) is 14.7. The summed E-state index contributed by atoms with van der Waals surface area (Å²) in [6, 6.07) is 7.68. The second-order valence-corrected chi connectivity index (χ2v) is 5.48. The first-order valence-electron chi connectivity index (χ1n) is 6.46. The Morgan fingerprint density at radius 1 is 1.23 bits per heavy atom. The molecule has 3 aromatic rings. The van der Waals surface area contributed by atoms with Crippen LogP contribution in [0.15, 0.2) is 46.3 Å². The quantitative estimate of drug-likeness (QED) is 0.666. The summed E-state index contributed by atoms with van der Waals surface area (Å²) in [7, 11) is 0. The molecule has 0 atom stereocenters. The molecule has 0 aliphatic carbocycles. The molecular weight excluding hydrogens is 310 g/mol. The summed E-state index contributed by atoms with van der Waals surface area (Å²) < 4.78 is 31.7. The highest BCUT2D eigenvalue weighted by Crippen LogP contribution is 2.26. The number of benzene rings is 1. The Bertz CT molecular complexity index is 754. The summed E-state index contributed by atoms with van der Waals surface area (Å²) in [4.78, 5) is 3.90. The second-order valence-electron chi connectivity index (χ2n) is 4.56. The maximum atomic E-state index is 12.7. The highest BCUT2D eigenvalue weighted by molar-refractivity contribution is 7.98. The highest BCUT2D eigenvalue weighted by Gasteiger charge is 2.14. The minimum atomic E-state index is -2.61. The second kappa shape index (κ2) is 6.27. The van der Waals surface area contributed by atoms with Crippen LogP contribution < -0.4 is 0 Å². The molecule has 22 heavy (non-hydrogen) atoms. The van der Waals surface area contributed by atoms with Crippen LogP contribution in [0.25, 0.3) is 11.5 Å². The molecule has 2 heterocycles. The first-order chi connectivity index (χ1) is 10.6. The van der Waals surface area contributed by atoms with E-state index in [1.165, 1.54) is 24.2 Å². The maximum absolute atomic E-state index is 12.7. The van der Waals surface area contributed by atoms with Gasteiger partial charge in [-0.1, -0.05) is 29.5 Å². The van der Waals surface area contributed by atoms with Gasteiger partial charge in [0.05, 0.1) is 5.75 Å². The molecule has 0 radical (unpaired) electrons. The van der Waals surface area contributed by atoms with E-state index >= 15 is 0 Å². The van der Waals surface area contributed by atoms with Crippen molar-refractivity contribution in [1.82, 2.24) is 19.7 Å². The zero-order chi connectivity index (χ0) is 15.5. The smallest absolute Gasteiger partial charge is 0.319 e. The third-order valence-electron chi connectivity index (χ3n) is 2.99. The number of hydrogen-bond acceptors (Lipinski definition) is 5. The topological polar surface area (TPSA) is 56.7 Å². The monoisotopic (exact) mass is 322 g/mol. The molecule has 1 aromatic carbocycles. The van der Waals surface area contributed by atoms with Crippen LogP contribution in [0.3, 0.4) is 0 Å². The zero-order valence-electron chi connectivity index (χ0n) is 11.6. The van der Waals surface area contributed by atoms with Crippen molar-refractivity contribution in [3.05, 3.63) is 48.0 Å². The number of aromatic nitrogens is 4. The third kappa shape index (κ3) is 3.16. The minimum Gasteiger partial charge on any atom is -0.411 e. The number of imidazole rings is 1. The van der Waals surface area contributed by atoms with Gasteiger partial charge in [-0.15, -0.1) is 10.2 Å². The molecule has 114 valence electrons. The van der Waals surface area contributed by atoms with Crippen molar-refractivity contribution < 1.29 is 13.2 Å². The Labute approximate surface area is 129 Å². The molecule has 0 amide bonds. The number of thioether (sulfide) groups is 1. The molecule has 0 aliphatic heterocycles. The van der Waals surface area contributed by atoms with Gasteiger partial charge >= 0.3 is 6.55 Å². The predicted molar refractivity (Wildman–Crippen MR) is 77.5 cm³/mol. The SMILES string of the molecule is Cc1ccc(-c2nnc(SCc3nccn3C(F)F)o2)cc1. The molecular formula is C14H12F2N4OS. The fourth-order valence-corrected chi connectivity index (χ4v) is 2.55. The predicted octanol–water partition coefficient (Wildman–Crippen LogP) is 3.93. The van der Waals surface area contributed by atoms with Gasteiger partial charge in [-0.3, -0.25) is 4.57 Å². The number of rotatable bonds is 5. The van der Waals surface area contributed by atoms with Crippen molar-refractivity contribution in [3.8, 4) is 11.5 Å². The van der Waals surface area contributed by atoms with Crippen molar-refractivity contribution >= 4 is 11.8 Å². The summed E-state index contributed by atoms with van der Waals surface area (Å²) in [5.41, 5.74) is 1.95. The van der Waals surface area contributed by atoms with E-state index in [0.717, 1.165) is 15.7 Å². The van der Waals surface area contributed by atoms with Crippen LogP contribution in [-0.2, 0) is 5.75 Å². The summed E-state index contributed by atoms with van der Waals surface area (Å²) in [6.45, 7) is -0.617. The Morgan fingerprint density at radius 2 is 2.00 bits per heavy atom. The van der Waals surface area contributed by atoms with Gasteiger partial charge in [-0.05, 0) is 19.1 Å². The Morgan fingerprint density at radius 3 is 2.73 bits per heavy atom. The maximum Gasteiger partial charge on any atom is 0.319 e. The summed E-state index contributed by atoms with van der Waals surface area (Å²) >= 11 is 1.17. The average Bonchev–Trinajstić information content (AvgIpc) is 3.15. The lowest BCUT2D eigenvalue weighted by molar-refractivity contribution is 0.0678. The van der Waals surface area contributed by atoms with Crippen molar-refractivity contribution in [3.63, 3.8) is 0 Å². The van der Waals surface area contributed by atoms with Gasteiger partial charge in [0.1, 0.15) is 5.82 Å². The number of nitrogens with zero attached hydrogens (tertiary/aromatic N) is 4. The Balaban J connectivity index is 1.69. The van der Waals surface area contributed by atoms with Gasteiger partial charge in [-0.2, -0.15) is 8.78 Å². The van der Waals surface area contributed by atoms with Crippen LogP contribution in [0, 0.1) is 6.92 Å². The molecule has 5 nitrogen and oxygen atoms in total. The van der Waals surface area contributed by atoms with E-state index in [1.54, 1.807) is 0 Å². The van der Waals surface area contributed by atoms with Gasteiger partial charge in [-0.25, -0.2) is 4.98 Å². The van der Waals surface area contributed by atoms with E-state index in [9.17, 15) is 8.78 Å². The standard InChI is InChI=1S/C14H12F2N4OS/c1-9-2-4-10(5-3-9)12-18-19-14(21-12)22-8-11-17-6-7-20(11)13(15)16/h2-7,13H,8H2,1H3. The molecule has 8 heteroatoms. The van der Waals surface area contributed by atoms with Gasteiger partial charge < -0.3 is 4.42 Å². The van der Waals surface area contributed by atoms with Crippen LogP contribution in [0.5, 0.6) is 0 Å². The van der Waals surface area contributed by atoms with Gasteiger partial charge in [0.25, 0.3) is 5.22 Å². The van der Waals surface area contributed by atoms with Crippen LogP contribution >= 0.6 is 11.8 Å². The largest absolute Gasteiger partial charge is 0.411 e. The van der Waals surface area contributed by atoms with Gasteiger partial charge in [0.15, 0.2) is 0 Å². The molecule has 0 saturated heterocycles. The fourth-order valence-electron chi connectivity index (χ4n) is 1.84. The Hall–Kier alpha value is -2.22. The molecule has 3 rings (SSSR count). The summed E-state index contributed by atoms with van der Waals surface area (Å²) in [6.07, 6.45) is 2.58. The molecule has 0 N–H and O–H groups in total. The number of aryl methyl sites for hydroxylation is 1. The lowest BCUT2D eigenvalue weighted by atomic mass is 10.1. The Kier molecular flexibility index (Phi) is 4.19. The highest BCUT2D eigenvalue weighted by atomic mass is 32.2. The molecule has 0 spiro atoms. The van der Waals surface area contributed by atoms with Gasteiger partial charge in [0.2, 0.25) is 5.89 Å². The van der Waals surface area contributed by atoms with Crippen LogP contribution in [0.2, 0.25) is 0 Å². The van der Waals surface area contributed by atoms with Crippen molar-refractivity contribution in [1.29, 1.82) is 0 Å². The first-order valence-corrected chi connectivity index (χ1v) is 7.45. The summed E-state index contributed by atoms with van der Waals surface area (Å²) in [5, 5.41) is 8.19. The molecule has 0 bridgehead atoms. The van der Waals surface area contributed by atoms with Crippen molar-refractivity contribution in [2.75, 3.05) is 0 Å². The number of hydrogen-bond donors (Lipinski definition) is 0. The molecule has 0 unspecified atom stereocenters. The number of alkyl halides is 2. The van der Waals surface area contributed by atoms with Crippen molar-refractivity contribution in [2.45, 2.75) is 24.4 Å². The number of halogens is 2. The lowest BCUT2D eigenvalue weighted by Gasteiger charge is -2.04. The van der Waals surface area contributed by atoms with E-state index < -0.39 is 6.55 Å². The fraction of sp³-hybridized carbons (Fsp3) is 0.214. The van der Waals surface area contributed by atoms with Crippen molar-refractivity contribution in [2.24, 2.45) is 0 Å². The lowest BCUT2D eigenvalue weighted by Crippen LogP contribution is -2.01. The molecule has 0 aliphatic rings. The average molecular weight is 322 g/mol. The van der Waals surface area contributed by atoms with Crippen LogP contribution in [0.1, 0.15) is 17.9 Å². The minimum absolute atomic E-state index is 0.229. The summed E-state index contributed by atoms with van der Waals surface area (Å²) in [5.74, 6) is 0.891. The normalized spacial score (nSPS) is 11.3. The molecule has 0 fully saturated rings.